The van der Waals surface area contributed by atoms with Crippen molar-refractivity contribution in [2.24, 2.45) is 4.99 Å². The van der Waals surface area contributed by atoms with Crippen LogP contribution >= 0.6 is 0 Å². The number of guanidine groups is 1. The maximum absolute atomic E-state index is 5.40. The molecule has 1 heterocycles. The largest absolute Gasteiger partial charge is 0.493 e. The molecule has 6 nitrogen and oxygen atoms in total. The Balaban J connectivity index is 1.57. The molecule has 3 rings (SSSR count). The van der Waals surface area contributed by atoms with Crippen LogP contribution in [0.25, 0.3) is 0 Å². The van der Waals surface area contributed by atoms with Crippen LogP contribution in [0.4, 0.5) is 0 Å². The van der Waals surface area contributed by atoms with Crippen LogP contribution in [-0.4, -0.2) is 44.7 Å². The average molecular weight is 425 g/mol. The van der Waals surface area contributed by atoms with Gasteiger partial charge in [-0.2, -0.15) is 0 Å². The molecule has 31 heavy (non-hydrogen) atoms. The SMILES string of the molecule is CN=C(NCc1ccc(OC)c(OC)c1)NCc1ccccc1CN1CCCCC1C. The summed E-state index contributed by atoms with van der Waals surface area (Å²) in [5.41, 5.74) is 3.80. The van der Waals surface area contributed by atoms with Crippen molar-refractivity contribution >= 4 is 5.96 Å². The van der Waals surface area contributed by atoms with Gasteiger partial charge in [0, 0.05) is 32.7 Å². The summed E-state index contributed by atoms with van der Waals surface area (Å²) in [7, 11) is 5.09. The Hall–Kier alpha value is -2.73. The highest BCUT2D eigenvalue weighted by atomic mass is 16.5. The smallest absolute Gasteiger partial charge is 0.191 e. The lowest BCUT2D eigenvalue weighted by atomic mass is 10.0. The highest BCUT2D eigenvalue weighted by molar-refractivity contribution is 5.79. The van der Waals surface area contributed by atoms with Crippen LogP contribution in [0.2, 0.25) is 0 Å². The average Bonchev–Trinajstić information content (AvgIpc) is 2.81. The molecule has 1 aliphatic rings. The number of ether oxygens (including phenoxy) is 2. The molecule has 0 aromatic heterocycles. The van der Waals surface area contributed by atoms with Crippen molar-refractivity contribution in [2.75, 3.05) is 27.8 Å². The van der Waals surface area contributed by atoms with E-state index < -0.39 is 0 Å². The van der Waals surface area contributed by atoms with Crippen molar-refractivity contribution in [1.29, 1.82) is 0 Å². The van der Waals surface area contributed by atoms with Gasteiger partial charge < -0.3 is 20.1 Å². The number of piperidine rings is 1. The minimum absolute atomic E-state index is 0.646. The first-order chi connectivity index (χ1) is 15.1. The summed E-state index contributed by atoms with van der Waals surface area (Å²) in [4.78, 5) is 6.98. The van der Waals surface area contributed by atoms with Gasteiger partial charge in [0.05, 0.1) is 14.2 Å². The topological polar surface area (TPSA) is 58.1 Å². The van der Waals surface area contributed by atoms with Crippen molar-refractivity contribution in [3.05, 3.63) is 59.2 Å². The standard InChI is InChI=1S/C25H36N4O2/c1-19-9-7-8-14-29(19)18-22-11-6-5-10-21(22)17-28-25(26-2)27-16-20-12-13-23(30-3)24(15-20)31-4/h5-6,10-13,15,19H,7-9,14,16-18H2,1-4H3,(H2,26,27,28). The van der Waals surface area contributed by atoms with E-state index in [1.165, 1.54) is 36.9 Å². The molecule has 1 unspecified atom stereocenters. The number of hydrogen-bond donors (Lipinski definition) is 2. The third-order valence-corrected chi connectivity index (χ3v) is 6.01. The maximum atomic E-state index is 5.40. The molecule has 1 fully saturated rings. The zero-order valence-corrected chi connectivity index (χ0v) is 19.3. The van der Waals surface area contributed by atoms with E-state index in [9.17, 15) is 0 Å². The van der Waals surface area contributed by atoms with Crippen molar-refractivity contribution in [3.8, 4) is 11.5 Å². The van der Waals surface area contributed by atoms with E-state index in [1.807, 2.05) is 18.2 Å². The molecule has 0 bridgehead atoms. The summed E-state index contributed by atoms with van der Waals surface area (Å²) in [6, 6.07) is 15.3. The molecule has 0 spiro atoms. The molecule has 1 atom stereocenters. The predicted octanol–water partition coefficient (Wildman–Crippen LogP) is 3.94. The van der Waals surface area contributed by atoms with Gasteiger partial charge in [0.1, 0.15) is 0 Å². The third-order valence-electron chi connectivity index (χ3n) is 6.01. The molecule has 168 valence electrons. The number of methoxy groups -OCH3 is 2. The molecule has 0 radical (unpaired) electrons. The van der Waals surface area contributed by atoms with Crippen LogP contribution in [0.3, 0.4) is 0 Å². The molecule has 1 aliphatic heterocycles. The van der Waals surface area contributed by atoms with Crippen molar-refractivity contribution in [3.63, 3.8) is 0 Å². The highest BCUT2D eigenvalue weighted by Gasteiger charge is 2.19. The Kier molecular flexibility index (Phi) is 8.59. The highest BCUT2D eigenvalue weighted by Crippen LogP contribution is 2.27. The second-order valence-corrected chi connectivity index (χ2v) is 8.05. The van der Waals surface area contributed by atoms with Gasteiger partial charge in [0.15, 0.2) is 17.5 Å². The normalized spacial score (nSPS) is 17.3. The number of nitrogens with zero attached hydrogens (tertiary/aromatic N) is 2. The molecule has 0 saturated carbocycles. The van der Waals surface area contributed by atoms with Crippen molar-refractivity contribution < 1.29 is 9.47 Å². The van der Waals surface area contributed by atoms with Gasteiger partial charge in [-0.15, -0.1) is 0 Å². The fourth-order valence-corrected chi connectivity index (χ4v) is 4.07. The Labute approximate surface area is 186 Å². The van der Waals surface area contributed by atoms with Gasteiger partial charge in [-0.1, -0.05) is 36.8 Å². The Morgan fingerprint density at radius 3 is 2.45 bits per heavy atom. The minimum atomic E-state index is 0.646. The first-order valence-corrected chi connectivity index (χ1v) is 11.1. The number of nitrogens with one attached hydrogen (secondary N) is 2. The van der Waals surface area contributed by atoms with Gasteiger partial charge >= 0.3 is 0 Å². The van der Waals surface area contributed by atoms with E-state index in [-0.39, 0.29) is 0 Å². The van der Waals surface area contributed by atoms with Gasteiger partial charge in [-0.25, -0.2) is 0 Å². The quantitative estimate of drug-likeness (QED) is 0.497. The number of aliphatic imine (C=N–C) groups is 1. The molecule has 0 amide bonds. The number of likely N-dealkylation sites (tertiary alicyclic amines) is 1. The van der Waals surface area contributed by atoms with Crippen LogP contribution in [0.5, 0.6) is 11.5 Å². The summed E-state index contributed by atoms with van der Waals surface area (Å²) < 4.78 is 10.7. The van der Waals surface area contributed by atoms with E-state index in [0.29, 0.717) is 12.6 Å². The molecule has 2 aromatic carbocycles. The van der Waals surface area contributed by atoms with E-state index in [2.05, 4.69) is 51.7 Å². The second-order valence-electron chi connectivity index (χ2n) is 8.05. The van der Waals surface area contributed by atoms with E-state index in [4.69, 9.17) is 9.47 Å². The monoisotopic (exact) mass is 424 g/mol. The van der Waals surface area contributed by atoms with Crippen LogP contribution < -0.4 is 20.1 Å². The van der Waals surface area contributed by atoms with Gasteiger partial charge in [-0.3, -0.25) is 9.89 Å². The number of benzene rings is 2. The minimum Gasteiger partial charge on any atom is -0.493 e. The summed E-state index contributed by atoms with van der Waals surface area (Å²) in [5.74, 6) is 2.23. The molecular formula is C25H36N4O2. The van der Waals surface area contributed by atoms with Crippen molar-refractivity contribution in [2.45, 2.75) is 51.9 Å². The Morgan fingerprint density at radius 1 is 1.00 bits per heavy atom. The van der Waals surface area contributed by atoms with Crippen LogP contribution in [0.1, 0.15) is 42.9 Å². The fraction of sp³-hybridized carbons (Fsp3) is 0.480. The molecule has 0 aliphatic carbocycles. The van der Waals surface area contributed by atoms with Gasteiger partial charge in [-0.05, 0) is 55.1 Å². The van der Waals surface area contributed by atoms with Crippen LogP contribution in [0.15, 0.2) is 47.5 Å². The summed E-state index contributed by atoms with van der Waals surface area (Å²) in [5, 5.41) is 6.85. The van der Waals surface area contributed by atoms with Gasteiger partial charge in [0.2, 0.25) is 0 Å². The zero-order chi connectivity index (χ0) is 22.1. The van der Waals surface area contributed by atoms with Crippen LogP contribution in [0, 0.1) is 0 Å². The van der Waals surface area contributed by atoms with E-state index in [1.54, 1.807) is 21.3 Å². The summed E-state index contributed by atoms with van der Waals surface area (Å²) in [6.45, 7) is 5.94. The molecular weight excluding hydrogens is 388 g/mol. The summed E-state index contributed by atoms with van der Waals surface area (Å²) in [6.07, 6.45) is 3.95. The Bertz CT molecular complexity index is 868. The maximum Gasteiger partial charge on any atom is 0.191 e. The number of rotatable bonds is 8. The van der Waals surface area contributed by atoms with Gasteiger partial charge in [0.25, 0.3) is 0 Å². The molecule has 6 heteroatoms. The third kappa shape index (κ3) is 6.37. The van der Waals surface area contributed by atoms with E-state index in [0.717, 1.165) is 36.1 Å². The fourth-order valence-electron chi connectivity index (χ4n) is 4.07. The first-order valence-electron chi connectivity index (χ1n) is 11.1. The lowest BCUT2D eigenvalue weighted by molar-refractivity contribution is 0.152. The molecule has 2 aromatic rings. The zero-order valence-electron chi connectivity index (χ0n) is 19.3. The second kappa shape index (κ2) is 11.6. The molecule has 1 saturated heterocycles. The Morgan fingerprint density at radius 2 is 1.74 bits per heavy atom. The lowest BCUT2D eigenvalue weighted by Gasteiger charge is -2.33. The lowest BCUT2D eigenvalue weighted by Crippen LogP contribution is -2.38. The van der Waals surface area contributed by atoms with Crippen molar-refractivity contribution in [1.82, 2.24) is 15.5 Å². The van der Waals surface area contributed by atoms with Crippen LogP contribution in [-0.2, 0) is 19.6 Å². The number of hydrogen-bond acceptors (Lipinski definition) is 4. The first kappa shape index (κ1) is 22.9. The predicted molar refractivity (Wildman–Crippen MR) is 127 cm³/mol. The van der Waals surface area contributed by atoms with E-state index >= 15 is 0 Å². The summed E-state index contributed by atoms with van der Waals surface area (Å²) >= 11 is 0. The molecule has 2 N–H and O–H groups in total.